The molecule has 0 spiro atoms. The predicted molar refractivity (Wildman–Crippen MR) is 68.9 cm³/mol. The molecule has 5 heteroatoms. The summed E-state index contributed by atoms with van der Waals surface area (Å²) in [5.41, 5.74) is 4.83. The van der Waals surface area contributed by atoms with Crippen LogP contribution in [-0.4, -0.2) is 9.55 Å². The molecule has 1 aromatic rings. The van der Waals surface area contributed by atoms with Crippen molar-refractivity contribution >= 4 is 5.82 Å². The zero-order valence-corrected chi connectivity index (χ0v) is 10.9. The zero-order chi connectivity index (χ0) is 13.2. The monoisotopic (exact) mass is 239 g/mol. The van der Waals surface area contributed by atoms with Gasteiger partial charge in [-0.15, -0.1) is 0 Å². The van der Waals surface area contributed by atoms with E-state index in [0.29, 0.717) is 24.3 Å². The Hall–Kier alpha value is -1.52. The normalized spacial score (nSPS) is 11.7. The number of anilines is 1. The quantitative estimate of drug-likeness (QED) is 0.824. The molecule has 0 radical (unpaired) electrons. The Labute approximate surface area is 101 Å². The predicted octanol–water partition coefficient (Wildman–Crippen LogP) is 1.05. The maximum absolute atomic E-state index is 11.7. The molecule has 0 aliphatic carbocycles. The molecule has 96 valence electrons. The SMILES string of the molecule is CC(C)C(Cn1c(N)cc(=O)[nH]c1=O)C(C)C. The molecule has 1 aromatic heterocycles. The van der Waals surface area contributed by atoms with Crippen molar-refractivity contribution in [3.05, 3.63) is 26.9 Å². The van der Waals surface area contributed by atoms with Gasteiger partial charge in [0.15, 0.2) is 0 Å². The number of nitrogens with two attached hydrogens (primary N) is 1. The fourth-order valence-corrected chi connectivity index (χ4v) is 2.13. The second-order valence-corrected chi connectivity index (χ2v) is 5.13. The van der Waals surface area contributed by atoms with E-state index in [0.717, 1.165) is 0 Å². The van der Waals surface area contributed by atoms with Crippen molar-refractivity contribution < 1.29 is 0 Å². The molecule has 1 rings (SSSR count). The first-order valence-corrected chi connectivity index (χ1v) is 5.92. The second-order valence-electron chi connectivity index (χ2n) is 5.13. The van der Waals surface area contributed by atoms with Gasteiger partial charge in [-0.2, -0.15) is 0 Å². The number of aromatic nitrogens is 2. The van der Waals surface area contributed by atoms with Gasteiger partial charge in [-0.05, 0) is 17.8 Å². The Bertz CT molecular complexity index is 477. The van der Waals surface area contributed by atoms with E-state index in [9.17, 15) is 9.59 Å². The lowest BCUT2D eigenvalue weighted by Crippen LogP contribution is -2.35. The molecule has 0 amide bonds. The summed E-state index contributed by atoms with van der Waals surface area (Å²) < 4.78 is 1.44. The molecular weight excluding hydrogens is 218 g/mol. The van der Waals surface area contributed by atoms with Crippen molar-refractivity contribution in [1.29, 1.82) is 0 Å². The molecule has 0 bridgehead atoms. The lowest BCUT2D eigenvalue weighted by Gasteiger charge is -2.25. The number of aromatic amines is 1. The Morgan fingerprint density at radius 2 is 1.76 bits per heavy atom. The van der Waals surface area contributed by atoms with Crippen molar-refractivity contribution in [1.82, 2.24) is 9.55 Å². The van der Waals surface area contributed by atoms with Gasteiger partial charge in [0.05, 0.1) is 0 Å². The summed E-state index contributed by atoms with van der Waals surface area (Å²) in [6.07, 6.45) is 0. The fourth-order valence-electron chi connectivity index (χ4n) is 2.13. The maximum atomic E-state index is 11.7. The maximum Gasteiger partial charge on any atom is 0.329 e. The van der Waals surface area contributed by atoms with Crippen LogP contribution < -0.4 is 17.0 Å². The van der Waals surface area contributed by atoms with E-state index in [1.807, 2.05) is 0 Å². The highest BCUT2D eigenvalue weighted by molar-refractivity contribution is 5.26. The summed E-state index contributed by atoms with van der Waals surface area (Å²) in [6.45, 7) is 9.03. The van der Waals surface area contributed by atoms with Crippen LogP contribution in [0, 0.1) is 17.8 Å². The third-order valence-corrected chi connectivity index (χ3v) is 3.17. The van der Waals surface area contributed by atoms with E-state index in [2.05, 4.69) is 32.7 Å². The first-order valence-electron chi connectivity index (χ1n) is 5.92. The van der Waals surface area contributed by atoms with Crippen LogP contribution in [0.4, 0.5) is 5.82 Å². The number of H-pyrrole nitrogens is 1. The highest BCUT2D eigenvalue weighted by Crippen LogP contribution is 2.22. The third kappa shape index (κ3) is 3.22. The van der Waals surface area contributed by atoms with Crippen molar-refractivity contribution in [2.45, 2.75) is 34.2 Å². The number of nitrogens with one attached hydrogen (secondary N) is 1. The topological polar surface area (TPSA) is 80.9 Å². The summed E-state index contributed by atoms with van der Waals surface area (Å²) in [5, 5.41) is 0. The lowest BCUT2D eigenvalue weighted by molar-refractivity contribution is 0.249. The molecule has 0 atom stereocenters. The summed E-state index contributed by atoms with van der Waals surface area (Å²) in [6, 6.07) is 1.25. The molecule has 17 heavy (non-hydrogen) atoms. The molecule has 0 aliphatic heterocycles. The Morgan fingerprint density at radius 1 is 1.24 bits per heavy atom. The molecule has 0 saturated carbocycles. The number of hydrogen-bond acceptors (Lipinski definition) is 3. The van der Waals surface area contributed by atoms with E-state index >= 15 is 0 Å². The lowest BCUT2D eigenvalue weighted by atomic mass is 9.85. The first kappa shape index (κ1) is 13.5. The van der Waals surface area contributed by atoms with Crippen molar-refractivity contribution in [3.8, 4) is 0 Å². The molecule has 5 nitrogen and oxygen atoms in total. The number of nitrogens with zero attached hydrogens (tertiary/aromatic N) is 1. The van der Waals surface area contributed by atoms with Crippen molar-refractivity contribution in [3.63, 3.8) is 0 Å². The van der Waals surface area contributed by atoms with Crippen LogP contribution in [0.15, 0.2) is 15.7 Å². The van der Waals surface area contributed by atoms with Gasteiger partial charge in [0.25, 0.3) is 5.56 Å². The molecule has 0 fully saturated rings. The molecule has 0 aliphatic rings. The average molecular weight is 239 g/mol. The van der Waals surface area contributed by atoms with Gasteiger partial charge < -0.3 is 5.73 Å². The van der Waals surface area contributed by atoms with Gasteiger partial charge in [0, 0.05) is 12.6 Å². The minimum atomic E-state index is -0.450. The molecular formula is C12H21N3O2. The van der Waals surface area contributed by atoms with Crippen LogP contribution in [0.1, 0.15) is 27.7 Å². The van der Waals surface area contributed by atoms with Gasteiger partial charge in [-0.25, -0.2) is 4.79 Å². The standard InChI is InChI=1S/C12H21N3O2/c1-7(2)9(8(3)4)6-15-10(13)5-11(16)14-12(15)17/h5,7-9H,6,13H2,1-4H3,(H,14,16,17). The first-order chi connectivity index (χ1) is 7.82. The molecule has 0 saturated heterocycles. The molecule has 3 N–H and O–H groups in total. The van der Waals surface area contributed by atoms with Gasteiger partial charge >= 0.3 is 5.69 Å². The summed E-state index contributed by atoms with van der Waals surface area (Å²) in [7, 11) is 0. The van der Waals surface area contributed by atoms with Crippen LogP contribution in [0.25, 0.3) is 0 Å². The third-order valence-electron chi connectivity index (χ3n) is 3.17. The summed E-state index contributed by atoms with van der Waals surface area (Å²) in [4.78, 5) is 25.0. The van der Waals surface area contributed by atoms with Gasteiger partial charge in [-0.1, -0.05) is 27.7 Å². The smallest absolute Gasteiger partial charge is 0.329 e. The Morgan fingerprint density at radius 3 is 2.18 bits per heavy atom. The number of rotatable bonds is 4. The zero-order valence-electron chi connectivity index (χ0n) is 10.9. The Balaban J connectivity index is 3.10. The van der Waals surface area contributed by atoms with E-state index < -0.39 is 11.2 Å². The average Bonchev–Trinajstić information content (AvgIpc) is 2.14. The van der Waals surface area contributed by atoms with E-state index in [-0.39, 0.29) is 5.82 Å². The highest BCUT2D eigenvalue weighted by Gasteiger charge is 2.19. The minimum absolute atomic E-state index is 0.227. The number of nitrogen functional groups attached to an aromatic ring is 1. The van der Waals surface area contributed by atoms with Crippen LogP contribution in [0.5, 0.6) is 0 Å². The van der Waals surface area contributed by atoms with Gasteiger partial charge in [-0.3, -0.25) is 14.3 Å². The molecule has 0 unspecified atom stereocenters. The van der Waals surface area contributed by atoms with Crippen molar-refractivity contribution in [2.24, 2.45) is 17.8 Å². The van der Waals surface area contributed by atoms with Crippen LogP contribution in [0.2, 0.25) is 0 Å². The minimum Gasteiger partial charge on any atom is -0.385 e. The van der Waals surface area contributed by atoms with Crippen LogP contribution in [-0.2, 0) is 6.54 Å². The Kier molecular flexibility index (Phi) is 4.15. The van der Waals surface area contributed by atoms with E-state index in [1.54, 1.807) is 0 Å². The largest absolute Gasteiger partial charge is 0.385 e. The van der Waals surface area contributed by atoms with Gasteiger partial charge in [0.1, 0.15) is 5.82 Å². The highest BCUT2D eigenvalue weighted by atomic mass is 16.2. The molecule has 0 aromatic carbocycles. The summed E-state index contributed by atoms with van der Waals surface area (Å²) >= 11 is 0. The summed E-state index contributed by atoms with van der Waals surface area (Å²) in [5.74, 6) is 1.48. The molecule has 1 heterocycles. The van der Waals surface area contributed by atoms with E-state index in [1.165, 1.54) is 10.6 Å². The van der Waals surface area contributed by atoms with Gasteiger partial charge in [0.2, 0.25) is 0 Å². The van der Waals surface area contributed by atoms with E-state index in [4.69, 9.17) is 5.73 Å². The van der Waals surface area contributed by atoms with Crippen LogP contribution in [0.3, 0.4) is 0 Å². The fraction of sp³-hybridized carbons (Fsp3) is 0.667. The van der Waals surface area contributed by atoms with Crippen LogP contribution >= 0.6 is 0 Å². The van der Waals surface area contributed by atoms with Crippen molar-refractivity contribution in [2.75, 3.05) is 5.73 Å². The second kappa shape index (κ2) is 5.21. The number of hydrogen-bond donors (Lipinski definition) is 2.